The van der Waals surface area contributed by atoms with E-state index in [1.165, 1.54) is 49.6 Å². The predicted molar refractivity (Wildman–Crippen MR) is 74.5 cm³/mol. The number of aromatic nitrogens is 5. The van der Waals surface area contributed by atoms with Crippen LogP contribution in [0.2, 0.25) is 0 Å². The molecule has 1 amide bonds. The first-order valence-corrected chi connectivity index (χ1v) is 7.62. The maximum atomic E-state index is 11.8. The summed E-state index contributed by atoms with van der Waals surface area (Å²) in [5, 5.41) is 22.1. The topological polar surface area (TPSA) is 96.5 Å². The van der Waals surface area contributed by atoms with Crippen LogP contribution in [0, 0.1) is 5.92 Å². The zero-order chi connectivity index (χ0) is 13.8. The van der Waals surface area contributed by atoms with Gasteiger partial charge in [0.15, 0.2) is 5.69 Å². The van der Waals surface area contributed by atoms with Gasteiger partial charge in [0, 0.05) is 6.42 Å². The second-order valence-electron chi connectivity index (χ2n) is 5.02. The van der Waals surface area contributed by atoms with Crippen molar-refractivity contribution in [2.24, 2.45) is 5.92 Å². The normalized spacial score (nSPS) is 16.2. The maximum absolute atomic E-state index is 11.8. The van der Waals surface area contributed by atoms with Crippen molar-refractivity contribution in [2.45, 2.75) is 38.5 Å². The van der Waals surface area contributed by atoms with E-state index in [1.54, 1.807) is 0 Å². The Morgan fingerprint density at radius 1 is 1.35 bits per heavy atom. The molecule has 0 aromatic carbocycles. The number of rotatable bonds is 4. The van der Waals surface area contributed by atoms with Crippen LogP contribution >= 0.6 is 11.3 Å². The molecule has 106 valence electrons. The molecule has 2 heterocycles. The largest absolute Gasteiger partial charge is 0.295 e. The van der Waals surface area contributed by atoms with E-state index in [1.807, 2.05) is 0 Å². The lowest BCUT2D eigenvalue weighted by Crippen LogP contribution is -2.12. The SMILES string of the molecule is O=C(Nc1nnc(CC2CCCCC2)s1)c1cn[nH]n1. The van der Waals surface area contributed by atoms with Gasteiger partial charge in [-0.15, -0.1) is 10.2 Å². The van der Waals surface area contributed by atoms with Crippen LogP contribution in [0.25, 0.3) is 0 Å². The van der Waals surface area contributed by atoms with E-state index < -0.39 is 0 Å². The van der Waals surface area contributed by atoms with Crippen molar-refractivity contribution in [3.05, 3.63) is 16.9 Å². The van der Waals surface area contributed by atoms with E-state index >= 15 is 0 Å². The lowest BCUT2D eigenvalue weighted by atomic mass is 9.87. The number of hydrogen-bond donors (Lipinski definition) is 2. The molecule has 0 bridgehead atoms. The first kappa shape index (κ1) is 13.2. The van der Waals surface area contributed by atoms with Gasteiger partial charge < -0.3 is 0 Å². The molecule has 1 fully saturated rings. The van der Waals surface area contributed by atoms with E-state index in [9.17, 15) is 4.79 Å². The zero-order valence-corrected chi connectivity index (χ0v) is 11.8. The highest BCUT2D eigenvalue weighted by Crippen LogP contribution is 2.28. The highest BCUT2D eigenvalue weighted by atomic mass is 32.1. The maximum Gasteiger partial charge on any atom is 0.279 e. The standard InChI is InChI=1S/C12H16N6OS/c19-11(9-7-13-18-15-9)14-12-17-16-10(20-12)6-8-4-2-1-3-5-8/h7-8H,1-6H2,(H,13,15,18)(H,14,17,19). The lowest BCUT2D eigenvalue weighted by molar-refractivity contribution is 0.102. The fraction of sp³-hybridized carbons (Fsp3) is 0.583. The first-order chi connectivity index (χ1) is 9.81. The molecule has 7 nitrogen and oxygen atoms in total. The van der Waals surface area contributed by atoms with Gasteiger partial charge in [-0.3, -0.25) is 10.1 Å². The molecule has 0 spiro atoms. The molecule has 1 aliphatic carbocycles. The lowest BCUT2D eigenvalue weighted by Gasteiger charge is -2.19. The summed E-state index contributed by atoms with van der Waals surface area (Å²) >= 11 is 1.44. The first-order valence-electron chi connectivity index (χ1n) is 6.81. The van der Waals surface area contributed by atoms with Crippen LogP contribution in [0.4, 0.5) is 5.13 Å². The molecule has 1 saturated carbocycles. The van der Waals surface area contributed by atoms with E-state index in [0.29, 0.717) is 5.13 Å². The Morgan fingerprint density at radius 2 is 2.20 bits per heavy atom. The number of nitrogens with one attached hydrogen (secondary N) is 2. The van der Waals surface area contributed by atoms with Crippen LogP contribution in [0.1, 0.15) is 47.6 Å². The Bertz CT molecular complexity index is 560. The van der Waals surface area contributed by atoms with Gasteiger partial charge in [0.05, 0.1) is 6.20 Å². The molecule has 8 heteroatoms. The molecular weight excluding hydrogens is 276 g/mol. The second kappa shape index (κ2) is 6.08. The van der Waals surface area contributed by atoms with Crippen molar-refractivity contribution in [3.63, 3.8) is 0 Å². The minimum absolute atomic E-state index is 0.244. The van der Waals surface area contributed by atoms with Crippen molar-refractivity contribution in [1.29, 1.82) is 0 Å². The van der Waals surface area contributed by atoms with Crippen LogP contribution in [-0.4, -0.2) is 31.5 Å². The molecule has 2 N–H and O–H groups in total. The Kier molecular flexibility index (Phi) is 4.00. The Hall–Kier alpha value is -1.83. The molecule has 0 saturated heterocycles. The summed E-state index contributed by atoms with van der Waals surface area (Å²) in [6, 6.07) is 0. The fourth-order valence-electron chi connectivity index (χ4n) is 2.50. The van der Waals surface area contributed by atoms with E-state index in [4.69, 9.17) is 0 Å². The third-order valence-electron chi connectivity index (χ3n) is 3.52. The van der Waals surface area contributed by atoms with Gasteiger partial charge in [-0.2, -0.15) is 15.4 Å². The smallest absolute Gasteiger partial charge is 0.279 e. The number of nitrogens with zero attached hydrogens (tertiary/aromatic N) is 4. The molecule has 0 unspecified atom stereocenters. The van der Waals surface area contributed by atoms with Crippen molar-refractivity contribution in [1.82, 2.24) is 25.6 Å². The summed E-state index contributed by atoms with van der Waals surface area (Å²) in [6.07, 6.45) is 8.89. The summed E-state index contributed by atoms with van der Waals surface area (Å²) in [4.78, 5) is 11.8. The quantitative estimate of drug-likeness (QED) is 0.898. The van der Waals surface area contributed by atoms with Gasteiger partial charge in [0.2, 0.25) is 5.13 Å². The molecule has 0 radical (unpaired) electrons. The van der Waals surface area contributed by atoms with E-state index in [2.05, 4.69) is 30.9 Å². The molecule has 2 aromatic heterocycles. The average Bonchev–Trinajstić information content (AvgIpc) is 3.11. The highest BCUT2D eigenvalue weighted by molar-refractivity contribution is 7.15. The predicted octanol–water partition coefficient (Wildman–Crippen LogP) is 2.03. The van der Waals surface area contributed by atoms with Crippen LogP contribution in [-0.2, 0) is 6.42 Å². The van der Waals surface area contributed by atoms with Crippen molar-refractivity contribution >= 4 is 22.4 Å². The third-order valence-corrected chi connectivity index (χ3v) is 4.38. The zero-order valence-electron chi connectivity index (χ0n) is 11.0. The number of aromatic amines is 1. The van der Waals surface area contributed by atoms with Gasteiger partial charge in [-0.25, -0.2) is 0 Å². The molecule has 0 aliphatic heterocycles. The molecule has 2 aromatic rings. The summed E-state index contributed by atoms with van der Waals surface area (Å²) in [5.74, 6) is 0.398. The molecule has 20 heavy (non-hydrogen) atoms. The molecular formula is C12H16N6OS. The molecule has 3 rings (SSSR count). The highest BCUT2D eigenvalue weighted by Gasteiger charge is 2.17. The van der Waals surface area contributed by atoms with Gasteiger partial charge in [-0.1, -0.05) is 43.4 Å². The van der Waals surface area contributed by atoms with Crippen LogP contribution in [0.5, 0.6) is 0 Å². The van der Waals surface area contributed by atoms with Crippen molar-refractivity contribution in [3.8, 4) is 0 Å². The second-order valence-corrected chi connectivity index (χ2v) is 6.08. The van der Waals surface area contributed by atoms with Crippen molar-refractivity contribution < 1.29 is 4.79 Å². The molecule has 0 atom stereocenters. The summed E-state index contributed by atoms with van der Waals surface area (Å²) in [7, 11) is 0. The van der Waals surface area contributed by atoms with Gasteiger partial charge in [-0.05, 0) is 5.92 Å². The number of amides is 1. The summed E-state index contributed by atoms with van der Waals surface area (Å²) < 4.78 is 0. The number of carbonyl (C=O) groups excluding carboxylic acids is 1. The van der Waals surface area contributed by atoms with Crippen molar-refractivity contribution in [2.75, 3.05) is 5.32 Å². The minimum atomic E-state index is -0.320. The summed E-state index contributed by atoms with van der Waals surface area (Å²) in [5.41, 5.74) is 0.244. The average molecular weight is 292 g/mol. The summed E-state index contributed by atoms with van der Waals surface area (Å²) in [6.45, 7) is 0. The number of carbonyl (C=O) groups is 1. The van der Waals surface area contributed by atoms with Crippen LogP contribution < -0.4 is 5.32 Å². The van der Waals surface area contributed by atoms with E-state index in [0.717, 1.165) is 17.3 Å². The Morgan fingerprint density at radius 3 is 2.95 bits per heavy atom. The van der Waals surface area contributed by atoms with Gasteiger partial charge in [0.1, 0.15) is 5.01 Å². The number of hydrogen-bond acceptors (Lipinski definition) is 6. The van der Waals surface area contributed by atoms with Gasteiger partial charge >= 0.3 is 0 Å². The Balaban J connectivity index is 1.57. The third kappa shape index (κ3) is 3.19. The monoisotopic (exact) mass is 292 g/mol. The number of anilines is 1. The van der Waals surface area contributed by atoms with Crippen LogP contribution in [0.15, 0.2) is 6.20 Å². The van der Waals surface area contributed by atoms with Crippen LogP contribution in [0.3, 0.4) is 0 Å². The molecule has 1 aliphatic rings. The Labute approximate surface area is 120 Å². The number of H-pyrrole nitrogens is 1. The fourth-order valence-corrected chi connectivity index (χ4v) is 3.35. The minimum Gasteiger partial charge on any atom is -0.295 e. The van der Waals surface area contributed by atoms with Gasteiger partial charge in [0.25, 0.3) is 5.91 Å². The van der Waals surface area contributed by atoms with E-state index in [-0.39, 0.29) is 11.6 Å².